The molecule has 0 radical (unpaired) electrons. The predicted octanol–water partition coefficient (Wildman–Crippen LogP) is 3.74. The summed E-state index contributed by atoms with van der Waals surface area (Å²) < 4.78 is 13.4. The molecular weight excluding hydrogens is 391 g/mol. The van der Waals surface area contributed by atoms with Gasteiger partial charge in [0.2, 0.25) is 11.9 Å². The van der Waals surface area contributed by atoms with Gasteiger partial charge in [0.1, 0.15) is 5.82 Å². The van der Waals surface area contributed by atoms with Crippen molar-refractivity contribution in [2.45, 2.75) is 31.6 Å². The Hall–Kier alpha value is -3.02. The third kappa shape index (κ3) is 4.11. The molecule has 2 aromatic carbocycles. The molecule has 160 valence electrons. The lowest BCUT2D eigenvalue weighted by Gasteiger charge is -2.34. The molecule has 5 rings (SSSR count). The summed E-state index contributed by atoms with van der Waals surface area (Å²) in [5, 5.41) is 3.36. The van der Waals surface area contributed by atoms with Gasteiger partial charge in [-0.1, -0.05) is 36.4 Å². The quantitative estimate of drug-likeness (QED) is 0.752. The summed E-state index contributed by atoms with van der Waals surface area (Å²) in [7, 11) is 0. The van der Waals surface area contributed by atoms with E-state index < -0.39 is 0 Å². The van der Waals surface area contributed by atoms with E-state index in [1.807, 2.05) is 17.0 Å². The van der Waals surface area contributed by atoms with Crippen LogP contribution in [-0.2, 0) is 4.79 Å². The van der Waals surface area contributed by atoms with Gasteiger partial charge in [0.25, 0.3) is 0 Å². The average molecular weight is 419 g/mol. The molecule has 1 fully saturated rings. The second kappa shape index (κ2) is 8.61. The molecule has 0 spiro atoms. The van der Waals surface area contributed by atoms with Gasteiger partial charge in [-0.25, -0.2) is 9.38 Å². The molecule has 0 saturated carbocycles. The third-order valence-corrected chi connectivity index (χ3v) is 6.54. The summed E-state index contributed by atoms with van der Waals surface area (Å²) in [6.07, 6.45) is 3.48. The second-order valence-electron chi connectivity index (χ2n) is 8.55. The first-order chi connectivity index (χ1) is 15.2. The molecule has 1 saturated heterocycles. The summed E-state index contributed by atoms with van der Waals surface area (Å²) in [5.74, 6) is 1.24. The van der Waals surface area contributed by atoms with E-state index in [-0.39, 0.29) is 23.6 Å². The lowest BCUT2D eigenvalue weighted by Crippen LogP contribution is -2.36. The van der Waals surface area contributed by atoms with Crippen LogP contribution in [0.4, 0.5) is 4.39 Å². The van der Waals surface area contributed by atoms with Gasteiger partial charge in [-0.3, -0.25) is 9.79 Å². The molecule has 5 nitrogen and oxygen atoms in total. The van der Waals surface area contributed by atoms with Gasteiger partial charge in [0, 0.05) is 43.5 Å². The van der Waals surface area contributed by atoms with Gasteiger partial charge < -0.3 is 10.2 Å². The maximum absolute atomic E-state index is 13.4. The molecule has 2 atom stereocenters. The number of hydrogen-bond donors (Lipinski definition) is 1. The zero-order valence-corrected chi connectivity index (χ0v) is 17.6. The van der Waals surface area contributed by atoms with Crippen LogP contribution in [0.2, 0.25) is 0 Å². The lowest BCUT2D eigenvalue weighted by molar-refractivity contribution is -0.127. The summed E-state index contributed by atoms with van der Waals surface area (Å²) in [6, 6.07) is 15.3. The highest BCUT2D eigenvalue weighted by atomic mass is 19.1. The van der Waals surface area contributed by atoms with E-state index in [1.165, 1.54) is 23.3 Å². The number of benzene rings is 2. The largest absolute Gasteiger partial charge is 0.354 e. The van der Waals surface area contributed by atoms with E-state index in [9.17, 15) is 9.18 Å². The highest BCUT2D eigenvalue weighted by molar-refractivity contribution is 6.11. The maximum Gasteiger partial charge on any atom is 0.222 e. The van der Waals surface area contributed by atoms with Crippen molar-refractivity contribution in [2.75, 3.05) is 26.2 Å². The van der Waals surface area contributed by atoms with E-state index in [0.29, 0.717) is 18.9 Å². The van der Waals surface area contributed by atoms with Crippen molar-refractivity contribution >= 4 is 17.6 Å². The van der Waals surface area contributed by atoms with E-state index >= 15 is 0 Å². The van der Waals surface area contributed by atoms with Crippen molar-refractivity contribution in [2.24, 2.45) is 15.9 Å². The minimum absolute atomic E-state index is 0.206. The number of fused-ring (bicyclic) bond motifs is 3. The number of hydrogen-bond acceptors (Lipinski definition) is 4. The molecule has 1 aliphatic carbocycles. The zero-order valence-electron chi connectivity index (χ0n) is 17.6. The molecule has 0 aromatic heterocycles. The van der Waals surface area contributed by atoms with Crippen molar-refractivity contribution in [1.82, 2.24) is 10.2 Å². The fourth-order valence-corrected chi connectivity index (χ4v) is 4.95. The molecule has 2 aliphatic heterocycles. The number of rotatable bonds is 5. The van der Waals surface area contributed by atoms with Crippen LogP contribution in [0.1, 0.15) is 48.3 Å². The molecule has 6 heteroatoms. The van der Waals surface area contributed by atoms with Crippen LogP contribution in [0.5, 0.6) is 0 Å². The SMILES string of the molecule is O=C1CCCN1CCCNC1=NCC2CC(c3ccc(F)cc3)c3ccccc3C2=N1. The fourth-order valence-electron chi connectivity index (χ4n) is 4.95. The molecule has 2 aromatic rings. The molecule has 31 heavy (non-hydrogen) atoms. The zero-order chi connectivity index (χ0) is 21.2. The van der Waals surface area contributed by atoms with Crippen LogP contribution in [0.3, 0.4) is 0 Å². The van der Waals surface area contributed by atoms with Crippen molar-refractivity contribution in [3.8, 4) is 0 Å². The minimum Gasteiger partial charge on any atom is -0.354 e. The number of guanidine groups is 1. The van der Waals surface area contributed by atoms with Crippen LogP contribution < -0.4 is 5.32 Å². The van der Waals surface area contributed by atoms with Gasteiger partial charge in [0.15, 0.2) is 0 Å². The van der Waals surface area contributed by atoms with Crippen molar-refractivity contribution in [3.63, 3.8) is 0 Å². The van der Waals surface area contributed by atoms with Crippen molar-refractivity contribution in [3.05, 3.63) is 71.0 Å². The lowest BCUT2D eigenvalue weighted by atomic mass is 9.72. The van der Waals surface area contributed by atoms with Gasteiger partial charge in [0.05, 0.1) is 12.3 Å². The molecular formula is C25H27FN4O. The van der Waals surface area contributed by atoms with E-state index in [0.717, 1.165) is 50.2 Å². The second-order valence-corrected chi connectivity index (χ2v) is 8.55. The Kier molecular flexibility index (Phi) is 5.53. The molecule has 1 N–H and O–H groups in total. The number of nitrogens with one attached hydrogen (secondary N) is 1. The Labute approximate surface area is 182 Å². The highest BCUT2D eigenvalue weighted by Gasteiger charge is 2.34. The Morgan fingerprint density at radius 3 is 2.77 bits per heavy atom. The Morgan fingerprint density at radius 2 is 1.97 bits per heavy atom. The highest BCUT2D eigenvalue weighted by Crippen LogP contribution is 2.40. The first kappa shape index (κ1) is 19.9. The van der Waals surface area contributed by atoms with E-state index in [1.54, 1.807) is 0 Å². The van der Waals surface area contributed by atoms with E-state index in [4.69, 9.17) is 9.98 Å². The van der Waals surface area contributed by atoms with Crippen molar-refractivity contribution in [1.29, 1.82) is 0 Å². The summed E-state index contributed by atoms with van der Waals surface area (Å²) in [4.78, 5) is 23.3. The van der Waals surface area contributed by atoms with Crippen molar-refractivity contribution < 1.29 is 9.18 Å². The first-order valence-corrected chi connectivity index (χ1v) is 11.2. The van der Waals surface area contributed by atoms with Gasteiger partial charge in [-0.15, -0.1) is 0 Å². The number of nitrogens with zero attached hydrogens (tertiary/aromatic N) is 3. The van der Waals surface area contributed by atoms with Gasteiger partial charge >= 0.3 is 0 Å². The number of carbonyl (C=O) groups excluding carboxylic acids is 1. The summed E-state index contributed by atoms with van der Waals surface area (Å²) in [6.45, 7) is 3.14. The smallest absolute Gasteiger partial charge is 0.222 e. The molecule has 1 amide bonds. The summed E-state index contributed by atoms with van der Waals surface area (Å²) >= 11 is 0. The Bertz CT molecular complexity index is 1030. The number of likely N-dealkylation sites (tertiary alicyclic amines) is 1. The molecule has 2 heterocycles. The monoisotopic (exact) mass is 418 g/mol. The normalized spacial score (nSPS) is 22.5. The number of carbonyl (C=O) groups is 1. The van der Waals surface area contributed by atoms with Crippen LogP contribution in [0, 0.1) is 11.7 Å². The number of amides is 1. The summed E-state index contributed by atoms with van der Waals surface area (Å²) in [5.41, 5.74) is 4.65. The maximum atomic E-state index is 13.4. The standard InChI is InChI=1S/C25H27FN4O/c26-19-10-8-17(9-11-19)22-15-18-16-28-25(27-12-4-14-30-13-3-7-23(30)31)29-24(18)21-6-2-1-5-20(21)22/h1-2,5-6,8-11,18,22H,3-4,7,12-16H2,(H,27,28). The number of aliphatic imine (C=N–C) groups is 2. The first-order valence-electron chi connectivity index (χ1n) is 11.2. The Balaban J connectivity index is 1.30. The van der Waals surface area contributed by atoms with E-state index in [2.05, 4.69) is 29.6 Å². The van der Waals surface area contributed by atoms with Gasteiger partial charge in [-0.2, -0.15) is 0 Å². The van der Waals surface area contributed by atoms with Crippen LogP contribution in [0.25, 0.3) is 0 Å². The van der Waals surface area contributed by atoms with Crippen LogP contribution in [-0.4, -0.2) is 48.7 Å². The Morgan fingerprint density at radius 1 is 1.13 bits per heavy atom. The molecule has 2 unspecified atom stereocenters. The molecule has 0 bridgehead atoms. The number of halogens is 1. The molecule has 3 aliphatic rings. The third-order valence-electron chi connectivity index (χ3n) is 6.54. The fraction of sp³-hybridized carbons (Fsp3) is 0.400. The van der Waals surface area contributed by atoms with Gasteiger partial charge in [-0.05, 0) is 42.5 Å². The van der Waals surface area contributed by atoms with Crippen LogP contribution >= 0.6 is 0 Å². The predicted molar refractivity (Wildman–Crippen MR) is 120 cm³/mol. The minimum atomic E-state index is -0.206. The average Bonchev–Trinajstić information content (AvgIpc) is 3.21. The van der Waals surface area contributed by atoms with Crippen LogP contribution in [0.15, 0.2) is 58.5 Å². The topological polar surface area (TPSA) is 57.1 Å².